The van der Waals surface area contributed by atoms with Crippen LogP contribution in [0, 0.1) is 5.92 Å². The standard InChI is InChI=1S/C32H37ClF3N5O3/c1-21(31(34,14-15-37-20-42)24-18-22(33)19-38-29(24)43)10-4-2-3-7-13-32(35,36)30-39-26-23-11-5-6-12-25(23)44-27(26)28(40-30)41-16-8-9-17-41/h5-6,11-12,18-21H,2-4,7-10,13-17H2,1H3,(H,37,42)(H,38,43). The molecule has 1 aliphatic rings. The molecule has 1 aromatic carbocycles. The van der Waals surface area contributed by atoms with Crippen molar-refractivity contribution in [1.29, 1.82) is 0 Å². The van der Waals surface area contributed by atoms with Crippen LogP contribution >= 0.6 is 11.6 Å². The van der Waals surface area contributed by atoms with Crippen molar-refractivity contribution in [2.24, 2.45) is 5.92 Å². The van der Waals surface area contributed by atoms with Crippen LogP contribution < -0.4 is 15.8 Å². The third-order valence-corrected chi connectivity index (χ3v) is 8.84. The van der Waals surface area contributed by atoms with Crippen LogP contribution in [-0.2, 0) is 16.4 Å². The largest absolute Gasteiger partial charge is 0.450 e. The molecule has 44 heavy (non-hydrogen) atoms. The van der Waals surface area contributed by atoms with E-state index in [9.17, 15) is 9.59 Å². The van der Waals surface area contributed by atoms with Gasteiger partial charge < -0.3 is 19.6 Å². The average molecular weight is 632 g/mol. The lowest BCUT2D eigenvalue weighted by molar-refractivity contribution is -0.109. The zero-order valence-electron chi connectivity index (χ0n) is 24.7. The van der Waals surface area contributed by atoms with Crippen LogP contribution in [0.4, 0.5) is 19.0 Å². The third-order valence-electron chi connectivity index (χ3n) is 8.63. The number of pyridine rings is 1. The number of rotatable bonds is 15. The number of furan rings is 1. The highest BCUT2D eigenvalue weighted by molar-refractivity contribution is 6.30. The van der Waals surface area contributed by atoms with Gasteiger partial charge in [0, 0.05) is 44.1 Å². The van der Waals surface area contributed by atoms with Crippen LogP contribution in [0.3, 0.4) is 0 Å². The van der Waals surface area contributed by atoms with Crippen molar-refractivity contribution in [2.45, 2.75) is 76.3 Å². The van der Waals surface area contributed by atoms with Crippen molar-refractivity contribution in [2.75, 3.05) is 24.5 Å². The lowest BCUT2D eigenvalue weighted by atomic mass is 9.79. The van der Waals surface area contributed by atoms with E-state index in [1.807, 2.05) is 23.1 Å². The molecule has 0 radical (unpaired) electrons. The number of hydrogen-bond acceptors (Lipinski definition) is 6. The number of halogens is 4. The number of unbranched alkanes of at least 4 members (excludes halogenated alkanes) is 3. The Morgan fingerprint density at radius 3 is 2.64 bits per heavy atom. The number of amides is 1. The predicted molar refractivity (Wildman–Crippen MR) is 165 cm³/mol. The van der Waals surface area contributed by atoms with E-state index >= 15 is 13.2 Å². The Balaban J connectivity index is 1.22. The summed E-state index contributed by atoms with van der Waals surface area (Å²) in [6.45, 7) is 3.21. The minimum atomic E-state index is -3.23. The van der Waals surface area contributed by atoms with Gasteiger partial charge in [-0.05, 0) is 49.8 Å². The normalized spacial score (nSPS) is 16.0. The van der Waals surface area contributed by atoms with Gasteiger partial charge in [0.1, 0.15) is 16.8 Å². The summed E-state index contributed by atoms with van der Waals surface area (Å²) >= 11 is 6.04. The van der Waals surface area contributed by atoms with Crippen LogP contribution in [-0.4, -0.2) is 41.0 Å². The number of anilines is 1. The molecule has 236 valence electrons. The van der Waals surface area contributed by atoms with Crippen molar-refractivity contribution in [3.63, 3.8) is 0 Å². The highest BCUT2D eigenvalue weighted by Gasteiger charge is 2.40. The number of nitrogens with zero attached hydrogens (tertiary/aromatic N) is 3. The van der Waals surface area contributed by atoms with Crippen molar-refractivity contribution < 1.29 is 22.4 Å². The van der Waals surface area contributed by atoms with Crippen molar-refractivity contribution in [3.05, 3.63) is 63.3 Å². The van der Waals surface area contributed by atoms with Gasteiger partial charge in [0.15, 0.2) is 11.4 Å². The topological polar surface area (TPSA) is 104 Å². The maximum Gasteiger partial charge on any atom is 0.306 e. The maximum atomic E-state index is 16.4. The number of aromatic nitrogens is 3. The van der Waals surface area contributed by atoms with Gasteiger partial charge in [-0.3, -0.25) is 9.59 Å². The van der Waals surface area contributed by atoms with Crippen LogP contribution in [0.15, 0.2) is 45.7 Å². The maximum absolute atomic E-state index is 16.4. The minimum absolute atomic E-state index is 0.0489. The molecule has 1 saturated heterocycles. The molecule has 5 rings (SSSR count). The smallest absolute Gasteiger partial charge is 0.306 e. The third kappa shape index (κ3) is 6.72. The Hall–Kier alpha value is -3.60. The summed E-state index contributed by atoms with van der Waals surface area (Å²) in [7, 11) is 0. The van der Waals surface area contributed by atoms with Gasteiger partial charge in [-0.15, -0.1) is 0 Å². The van der Waals surface area contributed by atoms with E-state index in [1.54, 1.807) is 13.0 Å². The van der Waals surface area contributed by atoms with E-state index in [4.69, 9.17) is 16.0 Å². The average Bonchev–Trinajstić information content (AvgIpc) is 3.68. The van der Waals surface area contributed by atoms with Gasteiger partial charge in [0.25, 0.3) is 5.56 Å². The van der Waals surface area contributed by atoms with E-state index in [2.05, 4.69) is 20.3 Å². The van der Waals surface area contributed by atoms with E-state index in [0.29, 0.717) is 60.0 Å². The molecule has 2 N–H and O–H groups in total. The Bertz CT molecular complexity index is 1660. The summed E-state index contributed by atoms with van der Waals surface area (Å²) in [4.78, 5) is 36.3. The van der Waals surface area contributed by atoms with Crippen molar-refractivity contribution in [3.8, 4) is 0 Å². The second-order valence-electron chi connectivity index (χ2n) is 11.6. The van der Waals surface area contributed by atoms with E-state index in [0.717, 1.165) is 25.9 Å². The highest BCUT2D eigenvalue weighted by Crippen LogP contribution is 2.41. The Labute approximate surface area is 258 Å². The first-order valence-electron chi connectivity index (χ1n) is 15.2. The number of carbonyl (C=O) groups is 1. The second-order valence-corrected chi connectivity index (χ2v) is 12.1. The van der Waals surface area contributed by atoms with E-state index < -0.39 is 35.3 Å². The van der Waals surface area contributed by atoms with Crippen LogP contribution in [0.1, 0.15) is 76.1 Å². The molecule has 1 amide bonds. The Kier molecular flexibility index (Phi) is 9.82. The zero-order chi connectivity index (χ0) is 31.3. The molecule has 4 heterocycles. The van der Waals surface area contributed by atoms with Crippen molar-refractivity contribution >= 4 is 45.9 Å². The van der Waals surface area contributed by atoms with Gasteiger partial charge in [-0.2, -0.15) is 8.78 Å². The molecule has 0 spiro atoms. The molecule has 4 aromatic rings. The minimum Gasteiger partial charge on any atom is -0.450 e. The van der Waals surface area contributed by atoms with E-state index in [-0.39, 0.29) is 30.0 Å². The molecule has 1 aliphatic heterocycles. The number of carbonyl (C=O) groups excluding carboxylic acids is 1. The first-order valence-corrected chi connectivity index (χ1v) is 15.6. The molecular weight excluding hydrogens is 595 g/mol. The van der Waals surface area contributed by atoms with Gasteiger partial charge in [0.05, 0.1) is 10.6 Å². The van der Waals surface area contributed by atoms with Gasteiger partial charge in [-0.1, -0.05) is 49.9 Å². The quantitative estimate of drug-likeness (QED) is 0.105. The summed E-state index contributed by atoms with van der Waals surface area (Å²) in [5.41, 5.74) is -1.26. The van der Waals surface area contributed by atoms with Gasteiger partial charge in [-0.25, -0.2) is 14.4 Å². The van der Waals surface area contributed by atoms with E-state index in [1.165, 1.54) is 12.3 Å². The first kappa shape index (κ1) is 31.8. The van der Waals surface area contributed by atoms with Crippen LogP contribution in [0.5, 0.6) is 0 Å². The molecule has 1 fully saturated rings. The molecule has 0 aliphatic carbocycles. The fourth-order valence-corrected chi connectivity index (χ4v) is 6.26. The monoisotopic (exact) mass is 631 g/mol. The number of hydrogen-bond donors (Lipinski definition) is 2. The van der Waals surface area contributed by atoms with Crippen LogP contribution in [0.2, 0.25) is 5.02 Å². The zero-order valence-corrected chi connectivity index (χ0v) is 25.4. The number of para-hydroxylation sites is 1. The molecule has 3 aromatic heterocycles. The van der Waals surface area contributed by atoms with Crippen molar-refractivity contribution in [1.82, 2.24) is 20.3 Å². The Morgan fingerprint density at radius 2 is 1.86 bits per heavy atom. The summed E-state index contributed by atoms with van der Waals surface area (Å²) in [6, 6.07) is 8.60. The number of fused-ring (bicyclic) bond motifs is 3. The summed E-state index contributed by atoms with van der Waals surface area (Å²) in [5.74, 6) is -3.89. The lowest BCUT2D eigenvalue weighted by Crippen LogP contribution is -2.37. The number of aromatic amines is 1. The van der Waals surface area contributed by atoms with Gasteiger partial charge in [0.2, 0.25) is 12.2 Å². The van der Waals surface area contributed by atoms with Gasteiger partial charge >= 0.3 is 5.92 Å². The fraction of sp³-hybridized carbons (Fsp3) is 0.500. The first-order chi connectivity index (χ1) is 21.1. The summed E-state index contributed by atoms with van der Waals surface area (Å²) in [6.07, 6.45) is 5.57. The molecule has 2 atom stereocenters. The highest BCUT2D eigenvalue weighted by atomic mass is 35.5. The SMILES string of the molecule is CC(CCCCCCC(F)(F)c1nc(N2CCCC2)c2oc3ccccc3c2n1)C(F)(CCNC=O)c1cc(Cl)c[nH]c1=O. The second kappa shape index (κ2) is 13.6. The number of nitrogens with one attached hydrogen (secondary N) is 2. The number of alkyl halides is 3. The fourth-order valence-electron chi connectivity index (χ4n) is 6.10. The number of benzene rings is 1. The molecule has 12 heteroatoms. The number of H-pyrrole nitrogens is 1. The predicted octanol–water partition coefficient (Wildman–Crippen LogP) is 7.39. The molecule has 0 bridgehead atoms. The Morgan fingerprint density at radius 1 is 1.11 bits per heavy atom. The lowest BCUT2D eigenvalue weighted by Gasteiger charge is -2.31. The molecular formula is C32H37ClF3N5O3. The molecule has 8 nitrogen and oxygen atoms in total. The molecule has 2 unspecified atom stereocenters. The summed E-state index contributed by atoms with van der Waals surface area (Å²) < 4.78 is 53.5. The molecule has 0 saturated carbocycles. The summed E-state index contributed by atoms with van der Waals surface area (Å²) in [5, 5.41) is 3.34. The van der Waals surface area contributed by atoms with Crippen LogP contribution in [0.25, 0.3) is 22.1 Å².